The van der Waals surface area contributed by atoms with Crippen LogP contribution in [0.1, 0.15) is 15.9 Å². The first-order chi connectivity index (χ1) is 16.9. The average molecular weight is 494 g/mol. The Hall–Kier alpha value is -3.53. The Bertz CT molecular complexity index is 1270. The van der Waals surface area contributed by atoms with Crippen LogP contribution >= 0.6 is 0 Å². The summed E-state index contributed by atoms with van der Waals surface area (Å²) in [4.78, 5) is 27.3. The molecule has 0 spiro atoms. The van der Waals surface area contributed by atoms with Crippen LogP contribution in [-0.2, 0) is 25.1 Å². The third kappa shape index (κ3) is 6.98. The van der Waals surface area contributed by atoms with Crippen LogP contribution in [0.5, 0.6) is 0 Å². The summed E-state index contributed by atoms with van der Waals surface area (Å²) in [6.07, 6.45) is 0. The Labute approximate surface area is 204 Å². The predicted molar refractivity (Wildman–Crippen MR) is 134 cm³/mol. The van der Waals surface area contributed by atoms with Crippen molar-refractivity contribution in [3.05, 3.63) is 90.0 Å². The van der Waals surface area contributed by atoms with Gasteiger partial charge in [-0.25, -0.2) is 8.42 Å². The Morgan fingerprint density at radius 3 is 2.17 bits per heavy atom. The molecule has 2 amide bonds. The first kappa shape index (κ1) is 24.6. The molecule has 3 aromatic rings. The van der Waals surface area contributed by atoms with Crippen molar-refractivity contribution in [2.24, 2.45) is 0 Å². The summed E-state index contributed by atoms with van der Waals surface area (Å²) in [5, 5.41) is 5.66. The van der Waals surface area contributed by atoms with Crippen LogP contribution in [0.25, 0.3) is 0 Å². The molecule has 0 unspecified atom stereocenters. The minimum atomic E-state index is -3.51. The minimum absolute atomic E-state index is 0.106. The van der Waals surface area contributed by atoms with Crippen molar-refractivity contribution >= 4 is 33.0 Å². The lowest BCUT2D eigenvalue weighted by Crippen LogP contribution is -2.41. The molecule has 0 aliphatic carbocycles. The zero-order valence-electron chi connectivity index (χ0n) is 19.1. The Balaban J connectivity index is 1.34. The molecule has 4 rings (SSSR count). The third-order valence-corrected chi connectivity index (χ3v) is 7.25. The lowest BCUT2D eigenvalue weighted by atomic mass is 10.1. The number of carbonyl (C=O) groups is 2. The molecule has 35 heavy (non-hydrogen) atoms. The molecule has 8 nitrogen and oxygen atoms in total. The lowest BCUT2D eigenvalue weighted by Gasteiger charge is -2.25. The second-order valence-electron chi connectivity index (χ2n) is 8.24. The predicted octanol–water partition coefficient (Wildman–Crippen LogP) is 3.18. The smallest absolute Gasteiger partial charge is 0.255 e. The molecule has 1 heterocycles. The van der Waals surface area contributed by atoms with Crippen molar-refractivity contribution in [1.29, 1.82) is 0 Å². The highest BCUT2D eigenvalue weighted by atomic mass is 32.2. The van der Waals surface area contributed by atoms with E-state index in [1.54, 1.807) is 78.9 Å². The molecule has 0 radical (unpaired) electrons. The van der Waals surface area contributed by atoms with E-state index in [9.17, 15) is 18.0 Å². The summed E-state index contributed by atoms with van der Waals surface area (Å²) in [5.41, 5.74) is 2.08. The van der Waals surface area contributed by atoms with Gasteiger partial charge in [0.15, 0.2) is 9.84 Å². The summed E-state index contributed by atoms with van der Waals surface area (Å²) >= 11 is 0. The topological polar surface area (TPSA) is 105 Å². The number of anilines is 2. The van der Waals surface area contributed by atoms with E-state index >= 15 is 0 Å². The lowest BCUT2D eigenvalue weighted by molar-refractivity contribution is -0.118. The fourth-order valence-corrected chi connectivity index (χ4v) is 5.09. The highest BCUT2D eigenvalue weighted by Gasteiger charge is 2.17. The van der Waals surface area contributed by atoms with Gasteiger partial charge in [-0.15, -0.1) is 0 Å². The zero-order chi connectivity index (χ0) is 24.7. The monoisotopic (exact) mass is 493 g/mol. The second-order valence-corrected chi connectivity index (χ2v) is 10.2. The number of nitrogens with one attached hydrogen (secondary N) is 2. The van der Waals surface area contributed by atoms with E-state index in [1.165, 1.54) is 0 Å². The molecule has 1 saturated heterocycles. The number of hydrogen-bond acceptors (Lipinski definition) is 6. The van der Waals surface area contributed by atoms with Crippen molar-refractivity contribution in [2.45, 2.75) is 10.6 Å². The van der Waals surface area contributed by atoms with Crippen LogP contribution in [0, 0.1) is 0 Å². The summed E-state index contributed by atoms with van der Waals surface area (Å²) in [7, 11) is -3.51. The fraction of sp³-hybridized carbons (Fsp3) is 0.231. The van der Waals surface area contributed by atoms with Gasteiger partial charge in [0.1, 0.15) is 0 Å². The molecule has 1 fully saturated rings. The first-order valence-corrected chi connectivity index (χ1v) is 12.9. The normalized spacial score (nSPS) is 14.3. The number of ether oxygens (including phenoxy) is 1. The van der Waals surface area contributed by atoms with Crippen LogP contribution in [0.3, 0.4) is 0 Å². The Kier molecular flexibility index (Phi) is 7.91. The molecule has 9 heteroatoms. The molecule has 0 saturated carbocycles. The summed E-state index contributed by atoms with van der Waals surface area (Å²) in [5.74, 6) is -0.657. The highest BCUT2D eigenvalue weighted by Crippen LogP contribution is 2.19. The standard InChI is InChI=1S/C26H27N3O5S/c30-25(18-29-13-15-34-16-14-29)27-22-9-11-23(12-10-22)28-26(31)21-6-4-5-20(17-21)19-35(32,33)24-7-2-1-3-8-24/h1-12,17H,13-16,18-19H2,(H,27,30)(H,28,31). The van der Waals surface area contributed by atoms with E-state index in [4.69, 9.17) is 4.74 Å². The SMILES string of the molecule is O=C(CN1CCOCC1)Nc1ccc(NC(=O)c2cccc(CS(=O)(=O)c3ccccc3)c2)cc1. The van der Waals surface area contributed by atoms with Crippen LogP contribution in [0.4, 0.5) is 11.4 Å². The van der Waals surface area contributed by atoms with E-state index in [0.717, 1.165) is 13.1 Å². The summed E-state index contributed by atoms with van der Waals surface area (Å²) in [6.45, 7) is 3.04. The van der Waals surface area contributed by atoms with Crippen molar-refractivity contribution in [2.75, 3.05) is 43.5 Å². The van der Waals surface area contributed by atoms with Crippen LogP contribution in [0.15, 0.2) is 83.8 Å². The van der Waals surface area contributed by atoms with Gasteiger partial charge >= 0.3 is 0 Å². The van der Waals surface area contributed by atoms with Crippen LogP contribution in [0.2, 0.25) is 0 Å². The number of hydrogen-bond donors (Lipinski definition) is 2. The number of sulfone groups is 1. The summed E-state index contributed by atoms with van der Waals surface area (Å²) < 4.78 is 30.6. The largest absolute Gasteiger partial charge is 0.379 e. The van der Waals surface area contributed by atoms with Crippen molar-refractivity contribution in [1.82, 2.24) is 4.90 Å². The van der Waals surface area contributed by atoms with Gasteiger partial charge < -0.3 is 15.4 Å². The van der Waals surface area contributed by atoms with Gasteiger partial charge in [0.05, 0.1) is 30.4 Å². The maximum atomic E-state index is 12.7. The molecule has 1 aliphatic heterocycles. The second kappa shape index (κ2) is 11.3. The number of amides is 2. The quantitative estimate of drug-likeness (QED) is 0.500. The van der Waals surface area contributed by atoms with Crippen molar-refractivity contribution < 1.29 is 22.7 Å². The van der Waals surface area contributed by atoms with E-state index < -0.39 is 9.84 Å². The maximum Gasteiger partial charge on any atom is 0.255 e. The van der Waals surface area contributed by atoms with Gasteiger partial charge in [-0.05, 0) is 54.1 Å². The molecule has 1 aliphatic rings. The van der Waals surface area contributed by atoms with E-state index in [-0.39, 0.29) is 22.5 Å². The maximum absolute atomic E-state index is 12.7. The highest BCUT2D eigenvalue weighted by molar-refractivity contribution is 7.90. The average Bonchev–Trinajstić information content (AvgIpc) is 2.86. The van der Waals surface area contributed by atoms with Crippen molar-refractivity contribution in [3.8, 4) is 0 Å². The number of carbonyl (C=O) groups excluding carboxylic acids is 2. The Morgan fingerprint density at radius 1 is 0.829 bits per heavy atom. The number of benzene rings is 3. The number of rotatable bonds is 8. The van der Waals surface area contributed by atoms with Gasteiger partial charge in [0.2, 0.25) is 5.91 Å². The van der Waals surface area contributed by atoms with Crippen LogP contribution < -0.4 is 10.6 Å². The van der Waals surface area contributed by atoms with E-state index in [0.29, 0.717) is 42.3 Å². The number of nitrogens with zero attached hydrogens (tertiary/aromatic N) is 1. The van der Waals surface area contributed by atoms with Gasteiger partial charge in [0.25, 0.3) is 5.91 Å². The molecular formula is C26H27N3O5S. The van der Waals surface area contributed by atoms with Crippen molar-refractivity contribution in [3.63, 3.8) is 0 Å². The molecular weight excluding hydrogens is 466 g/mol. The Morgan fingerprint density at radius 2 is 1.49 bits per heavy atom. The molecule has 3 aromatic carbocycles. The van der Waals surface area contributed by atoms with E-state index in [1.807, 2.05) is 4.90 Å². The van der Waals surface area contributed by atoms with Gasteiger partial charge in [-0.1, -0.05) is 30.3 Å². The molecule has 0 bridgehead atoms. The minimum Gasteiger partial charge on any atom is -0.379 e. The first-order valence-electron chi connectivity index (χ1n) is 11.3. The molecule has 182 valence electrons. The van der Waals surface area contributed by atoms with Gasteiger partial charge in [0, 0.05) is 30.0 Å². The third-order valence-electron chi connectivity index (χ3n) is 5.55. The molecule has 2 N–H and O–H groups in total. The van der Waals surface area contributed by atoms with Gasteiger partial charge in [-0.2, -0.15) is 0 Å². The zero-order valence-corrected chi connectivity index (χ0v) is 20.0. The molecule has 0 atom stereocenters. The molecule has 0 aromatic heterocycles. The van der Waals surface area contributed by atoms with Gasteiger partial charge in [-0.3, -0.25) is 14.5 Å². The van der Waals surface area contributed by atoms with E-state index in [2.05, 4.69) is 10.6 Å². The van der Waals surface area contributed by atoms with Crippen LogP contribution in [-0.4, -0.2) is 58.0 Å². The summed E-state index contributed by atoms with van der Waals surface area (Å²) in [6, 6.07) is 21.6. The number of morpholine rings is 1. The fourth-order valence-electron chi connectivity index (χ4n) is 3.74.